The fourth-order valence-corrected chi connectivity index (χ4v) is 3.56. The van der Waals surface area contributed by atoms with Gasteiger partial charge in [0.05, 0.1) is 0 Å². The summed E-state index contributed by atoms with van der Waals surface area (Å²) in [7, 11) is 0. The molecule has 24 heavy (non-hydrogen) atoms. The molecule has 0 saturated heterocycles. The molecule has 0 aromatic heterocycles. The van der Waals surface area contributed by atoms with Gasteiger partial charge >= 0.3 is 157 Å². The van der Waals surface area contributed by atoms with Crippen LogP contribution in [0.4, 0.5) is 5.69 Å². The standard InChI is InChI=1S/C19H16NO3.Hg/c1-12-11-15(18(21)14-8-4-3-7-13(12)14)19(22)20-16-9-5-6-10-17(16)23-2;/h3-11,21H,2H2,1H3,(H,20,22);. The number of aryl methyl sites for hydroxylation is 1. The van der Waals surface area contributed by atoms with Crippen molar-refractivity contribution in [1.82, 2.24) is 0 Å². The first-order chi connectivity index (χ1) is 11.6. The van der Waals surface area contributed by atoms with Crippen molar-refractivity contribution in [2.45, 2.75) is 6.92 Å². The Labute approximate surface area is 156 Å². The van der Waals surface area contributed by atoms with Gasteiger partial charge in [0, 0.05) is 0 Å². The molecule has 0 aliphatic carbocycles. The number of hydrogen-bond acceptors (Lipinski definition) is 3. The summed E-state index contributed by atoms with van der Waals surface area (Å²) in [5.41, 5.74) is 1.81. The number of phenolic OH excluding ortho intramolecular Hbond substituents is 1. The monoisotopic (exact) mass is 508 g/mol. The Hall–Kier alpha value is -2.07. The van der Waals surface area contributed by atoms with Gasteiger partial charge in [-0.15, -0.1) is 0 Å². The zero-order valence-electron chi connectivity index (χ0n) is 13.4. The summed E-state index contributed by atoms with van der Waals surface area (Å²) in [5.74, 6) is 0.298. The van der Waals surface area contributed by atoms with Gasteiger partial charge in [0.15, 0.2) is 0 Å². The van der Waals surface area contributed by atoms with Crippen LogP contribution in [0.25, 0.3) is 10.8 Å². The fourth-order valence-electron chi connectivity index (χ4n) is 2.71. The number of hydrogen-bond donors (Lipinski definition) is 2. The van der Waals surface area contributed by atoms with Crippen LogP contribution >= 0.6 is 0 Å². The number of ether oxygens (including phenoxy) is 1. The van der Waals surface area contributed by atoms with Crippen LogP contribution in [-0.4, -0.2) is 15.1 Å². The van der Waals surface area contributed by atoms with E-state index in [0.29, 0.717) is 47.1 Å². The third kappa shape index (κ3) is 3.24. The van der Waals surface area contributed by atoms with Crippen LogP contribution in [0.15, 0.2) is 54.6 Å². The molecule has 1 amide bonds. The summed E-state index contributed by atoms with van der Waals surface area (Å²) < 4.78 is 6.31. The van der Waals surface area contributed by atoms with Crippen molar-refractivity contribution in [2.24, 2.45) is 0 Å². The van der Waals surface area contributed by atoms with Crippen LogP contribution in [0, 0.1) is 6.92 Å². The van der Waals surface area contributed by atoms with Gasteiger partial charge in [-0.1, -0.05) is 0 Å². The van der Waals surface area contributed by atoms with Gasteiger partial charge in [-0.2, -0.15) is 0 Å². The number of nitrogens with one attached hydrogen (secondary N) is 1. The molecule has 3 aromatic rings. The molecule has 0 unspecified atom stereocenters. The molecule has 0 fully saturated rings. The minimum atomic E-state index is -0.351. The molecule has 3 rings (SSSR count). The molecule has 3 aromatic carbocycles. The van der Waals surface area contributed by atoms with Crippen LogP contribution in [0.2, 0.25) is 0 Å². The van der Waals surface area contributed by atoms with E-state index >= 15 is 0 Å². The second-order valence-corrected chi connectivity index (χ2v) is 7.02. The predicted molar refractivity (Wildman–Crippen MR) is 90.2 cm³/mol. The van der Waals surface area contributed by atoms with Crippen molar-refractivity contribution < 1.29 is 40.8 Å². The van der Waals surface area contributed by atoms with Gasteiger partial charge in [-0.3, -0.25) is 0 Å². The van der Waals surface area contributed by atoms with Crippen LogP contribution in [-0.2, 0) is 26.1 Å². The van der Waals surface area contributed by atoms with E-state index in [2.05, 4.69) is 5.32 Å². The third-order valence-corrected chi connectivity index (χ3v) is 4.65. The molecule has 0 radical (unpaired) electrons. The average molecular weight is 507 g/mol. The molecule has 0 aliphatic rings. The van der Waals surface area contributed by atoms with Crippen LogP contribution < -0.4 is 10.1 Å². The minimum absolute atomic E-state index is 0.00189. The molecule has 0 saturated carbocycles. The van der Waals surface area contributed by atoms with Crippen LogP contribution in [0.3, 0.4) is 0 Å². The number of phenols is 1. The van der Waals surface area contributed by atoms with Gasteiger partial charge in [-0.25, -0.2) is 0 Å². The van der Waals surface area contributed by atoms with Crippen molar-refractivity contribution in [1.29, 1.82) is 0 Å². The molecular weight excluding hydrogens is 491 g/mol. The first kappa shape index (κ1) is 16.8. The van der Waals surface area contributed by atoms with E-state index in [-0.39, 0.29) is 17.2 Å². The van der Waals surface area contributed by atoms with Crippen molar-refractivity contribution in [2.75, 3.05) is 9.43 Å². The Morgan fingerprint density at radius 2 is 1.79 bits per heavy atom. The molecule has 0 aliphatic heterocycles. The molecule has 2 N–H and O–H groups in total. The number of benzene rings is 3. The van der Waals surface area contributed by atoms with Gasteiger partial charge in [0.1, 0.15) is 0 Å². The summed E-state index contributed by atoms with van der Waals surface area (Å²) in [6, 6.07) is 16.5. The van der Waals surface area contributed by atoms with Gasteiger partial charge in [-0.05, 0) is 0 Å². The summed E-state index contributed by atoms with van der Waals surface area (Å²) in [6.07, 6.45) is 0. The molecular formula is C19H16HgNO3. The van der Waals surface area contributed by atoms with E-state index in [1.165, 1.54) is 0 Å². The average Bonchev–Trinajstić information content (AvgIpc) is 2.60. The topological polar surface area (TPSA) is 58.6 Å². The van der Waals surface area contributed by atoms with E-state index in [4.69, 9.17) is 4.74 Å². The summed E-state index contributed by atoms with van der Waals surface area (Å²) in [4.78, 5) is 12.7. The number of amides is 1. The molecule has 4 nitrogen and oxygen atoms in total. The van der Waals surface area contributed by atoms with E-state index in [9.17, 15) is 9.90 Å². The molecule has 0 bridgehead atoms. The Morgan fingerprint density at radius 3 is 2.54 bits per heavy atom. The Morgan fingerprint density at radius 1 is 1.12 bits per heavy atom. The normalized spacial score (nSPS) is 10.6. The number of carbonyl (C=O) groups excluding carboxylic acids is 1. The van der Waals surface area contributed by atoms with E-state index in [0.717, 1.165) is 10.9 Å². The van der Waals surface area contributed by atoms with Gasteiger partial charge in [0.2, 0.25) is 0 Å². The molecule has 5 heteroatoms. The molecule has 0 spiro atoms. The SMILES string of the molecule is Cc1cc(C(=O)Nc2ccccc2O[CH2][Hg])c(O)c2ccccc12. The van der Waals surface area contributed by atoms with Crippen LogP contribution in [0.5, 0.6) is 11.5 Å². The van der Waals surface area contributed by atoms with Crippen molar-refractivity contribution in [3.8, 4) is 11.5 Å². The van der Waals surface area contributed by atoms with Crippen molar-refractivity contribution >= 4 is 22.4 Å². The van der Waals surface area contributed by atoms with E-state index in [1.807, 2.05) is 49.4 Å². The molecule has 0 heterocycles. The number of anilines is 1. The number of fused-ring (bicyclic) bond motifs is 1. The zero-order valence-corrected chi connectivity index (χ0v) is 18.9. The first-order valence-corrected chi connectivity index (χ1v) is 11.5. The number of carbonyl (C=O) groups is 1. The Bertz CT molecular complexity index is 908. The van der Waals surface area contributed by atoms with Gasteiger partial charge in [0.25, 0.3) is 0 Å². The van der Waals surface area contributed by atoms with Crippen LogP contribution in [0.1, 0.15) is 15.9 Å². The summed E-state index contributed by atoms with van der Waals surface area (Å²) in [5, 5.41) is 15.0. The van der Waals surface area contributed by atoms with Crippen molar-refractivity contribution in [3.63, 3.8) is 0 Å². The van der Waals surface area contributed by atoms with Gasteiger partial charge < -0.3 is 0 Å². The first-order valence-electron chi connectivity index (χ1n) is 7.65. The van der Waals surface area contributed by atoms with E-state index in [1.54, 1.807) is 12.1 Å². The number of para-hydroxylation sites is 2. The molecule has 117 valence electrons. The Balaban J connectivity index is 1.99. The number of aromatic hydroxyl groups is 1. The third-order valence-electron chi connectivity index (χ3n) is 3.86. The quantitative estimate of drug-likeness (QED) is 0.526. The maximum absolute atomic E-state index is 12.7. The molecule has 0 atom stereocenters. The predicted octanol–water partition coefficient (Wildman–Crippen LogP) is 3.99. The van der Waals surface area contributed by atoms with Crippen molar-refractivity contribution in [3.05, 3.63) is 65.7 Å². The number of rotatable bonds is 4. The fraction of sp³-hybridized carbons (Fsp3) is 0.105. The summed E-state index contributed by atoms with van der Waals surface area (Å²) in [6.45, 7) is 1.93. The maximum atomic E-state index is 12.7. The Kier molecular flexibility index (Phi) is 5.04. The zero-order chi connectivity index (χ0) is 17.1. The second kappa shape index (κ2) is 7.22. The van der Waals surface area contributed by atoms with E-state index < -0.39 is 0 Å². The summed E-state index contributed by atoms with van der Waals surface area (Å²) >= 11 is 0.518. The second-order valence-electron chi connectivity index (χ2n) is 5.43.